The molecule has 0 saturated carbocycles. The Kier molecular flexibility index (Phi) is 29.9. The maximum Gasteiger partial charge on any atom is 0.322 e. The Labute approximate surface area is 414 Å². The zero-order valence-electron chi connectivity index (χ0n) is 38.4. The van der Waals surface area contributed by atoms with Gasteiger partial charge in [0.2, 0.25) is 53.2 Å². The Hall–Kier alpha value is -7.05. The first-order valence-electron chi connectivity index (χ1n) is 21.7. The van der Waals surface area contributed by atoms with Crippen molar-refractivity contribution in [1.82, 2.24) is 42.5 Å². The van der Waals surface area contributed by atoms with Gasteiger partial charge < -0.3 is 80.2 Å². The summed E-state index contributed by atoms with van der Waals surface area (Å²) in [5.74, 6) is -11.4. The molecule has 0 bridgehead atoms. The normalized spacial score (nSPS) is 12.3. The molecule has 30 heteroatoms. The highest BCUT2D eigenvalue weighted by Crippen LogP contribution is 2.12. The van der Waals surface area contributed by atoms with Gasteiger partial charge in [-0.25, -0.2) is 0 Å². The van der Waals surface area contributed by atoms with Crippen LogP contribution in [-0.2, 0) is 70.6 Å². The molecule has 4 atom stereocenters. The van der Waals surface area contributed by atoms with E-state index in [4.69, 9.17) is 37.6 Å². The minimum absolute atomic E-state index is 0.00137. The third-order valence-corrected chi connectivity index (χ3v) is 11.4. The van der Waals surface area contributed by atoms with Gasteiger partial charge in [0.05, 0.1) is 11.5 Å². The summed E-state index contributed by atoms with van der Waals surface area (Å²) in [7, 11) is 0. The van der Waals surface area contributed by atoms with Crippen LogP contribution in [0.3, 0.4) is 0 Å². The molecule has 28 nitrogen and oxygen atoms in total. The predicted molar refractivity (Wildman–Crippen MR) is 253 cm³/mol. The van der Waals surface area contributed by atoms with Crippen LogP contribution >= 0.6 is 23.5 Å². The molecule has 4 unspecified atom stereocenters. The number of carboxylic acids is 4. The Morgan fingerprint density at radius 2 is 0.873 bits per heavy atom. The Morgan fingerprint density at radius 3 is 1.21 bits per heavy atom. The van der Waals surface area contributed by atoms with Crippen molar-refractivity contribution in [2.24, 2.45) is 17.2 Å². The molecular weight excluding hydrogens is 983 g/mol. The van der Waals surface area contributed by atoms with Gasteiger partial charge in [-0.2, -0.15) is 0 Å². The lowest BCUT2D eigenvalue weighted by Crippen LogP contribution is -2.49. The lowest BCUT2D eigenvalue weighted by molar-refractivity contribution is -0.140. The SMILES string of the molecule is NC(=O)c1cc(CNC(=O)CCCNC(=O)CSCC(NC(=O)CCC(N)C(=O)O)C(=O)NCC(=O)O)cc(CNC(=O)CCCNC(=O)CSCC(NC(=O)CCC(N)C(=O)O)C(=O)NCC(=O)O)c1. The van der Waals surface area contributed by atoms with E-state index in [-0.39, 0.29) is 118 Å². The molecule has 0 spiro atoms. The topological polar surface area (TPSA) is 477 Å². The predicted octanol–water partition coefficient (Wildman–Crippen LogP) is -4.97. The summed E-state index contributed by atoms with van der Waals surface area (Å²) in [5, 5.41) is 55.1. The van der Waals surface area contributed by atoms with Crippen molar-refractivity contribution in [2.45, 2.75) is 88.6 Å². The number of primary amides is 1. The van der Waals surface area contributed by atoms with Gasteiger partial charge >= 0.3 is 23.9 Å². The number of nitrogens with two attached hydrogens (primary N) is 3. The second-order valence-electron chi connectivity index (χ2n) is 15.3. The fourth-order valence-electron chi connectivity index (χ4n) is 5.57. The van der Waals surface area contributed by atoms with Crippen molar-refractivity contribution in [3.05, 3.63) is 34.9 Å². The molecule has 71 heavy (non-hydrogen) atoms. The van der Waals surface area contributed by atoms with Crippen molar-refractivity contribution in [2.75, 3.05) is 49.2 Å². The van der Waals surface area contributed by atoms with Gasteiger partial charge in [0, 0.05) is 68.9 Å². The number of hydrogen-bond acceptors (Lipinski definition) is 17. The van der Waals surface area contributed by atoms with Crippen molar-refractivity contribution in [1.29, 1.82) is 0 Å². The van der Waals surface area contributed by atoms with Crippen LogP contribution in [0.1, 0.15) is 72.9 Å². The van der Waals surface area contributed by atoms with E-state index in [1.807, 2.05) is 0 Å². The fraction of sp³-hybridized carbons (Fsp3) is 0.537. The number of nitrogens with one attached hydrogen (secondary N) is 8. The lowest BCUT2D eigenvalue weighted by Gasteiger charge is -2.18. The maximum absolute atomic E-state index is 12.6. The average Bonchev–Trinajstić information content (AvgIpc) is 3.31. The summed E-state index contributed by atoms with van der Waals surface area (Å²) >= 11 is 1.91. The van der Waals surface area contributed by atoms with E-state index in [2.05, 4.69) is 42.5 Å². The molecule has 0 aliphatic carbocycles. The van der Waals surface area contributed by atoms with Gasteiger partial charge in [0.1, 0.15) is 37.3 Å². The van der Waals surface area contributed by atoms with Crippen LogP contribution in [0.25, 0.3) is 0 Å². The van der Waals surface area contributed by atoms with Crippen LogP contribution in [0.5, 0.6) is 0 Å². The first-order chi connectivity index (χ1) is 33.5. The van der Waals surface area contributed by atoms with Gasteiger partial charge in [-0.15, -0.1) is 23.5 Å². The van der Waals surface area contributed by atoms with Crippen molar-refractivity contribution >= 4 is 101 Å². The first-order valence-corrected chi connectivity index (χ1v) is 24.0. The number of thioether (sulfide) groups is 2. The molecule has 1 aromatic carbocycles. The number of amides is 9. The highest BCUT2D eigenvalue weighted by Gasteiger charge is 2.25. The van der Waals surface area contributed by atoms with E-state index in [1.165, 1.54) is 12.1 Å². The van der Waals surface area contributed by atoms with Gasteiger partial charge in [-0.3, -0.25) is 62.3 Å². The summed E-state index contributed by atoms with van der Waals surface area (Å²) in [4.78, 5) is 155. The quantitative estimate of drug-likeness (QED) is 0.0278. The molecule has 0 aliphatic rings. The molecule has 0 heterocycles. The summed E-state index contributed by atoms with van der Waals surface area (Å²) in [6.07, 6.45) is -0.619. The van der Waals surface area contributed by atoms with E-state index in [0.29, 0.717) is 11.1 Å². The van der Waals surface area contributed by atoms with E-state index < -0.39 is 102 Å². The Balaban J connectivity index is 2.52. The van der Waals surface area contributed by atoms with Crippen LogP contribution < -0.4 is 59.7 Å². The van der Waals surface area contributed by atoms with Crippen LogP contribution in [0, 0.1) is 0 Å². The lowest BCUT2D eigenvalue weighted by atomic mass is 10.0. The zero-order chi connectivity index (χ0) is 53.5. The summed E-state index contributed by atoms with van der Waals surface area (Å²) in [5.41, 5.74) is 17.4. The molecule has 0 radical (unpaired) electrons. The monoisotopic (exact) mass is 1040 g/mol. The smallest absolute Gasteiger partial charge is 0.322 e. The van der Waals surface area contributed by atoms with E-state index in [0.717, 1.165) is 23.5 Å². The second kappa shape index (κ2) is 34.3. The van der Waals surface area contributed by atoms with Gasteiger partial charge in [0.15, 0.2) is 0 Å². The first kappa shape index (κ1) is 62.0. The molecule has 0 saturated heterocycles. The van der Waals surface area contributed by atoms with Gasteiger partial charge in [0.25, 0.3) is 0 Å². The molecule has 0 aliphatic heterocycles. The summed E-state index contributed by atoms with van der Waals surface area (Å²) in [6, 6.07) is -0.515. The van der Waals surface area contributed by atoms with Crippen LogP contribution in [0.2, 0.25) is 0 Å². The summed E-state index contributed by atoms with van der Waals surface area (Å²) in [6.45, 7) is -1.27. The number of carboxylic acid groups (broad SMARTS) is 4. The largest absolute Gasteiger partial charge is 0.480 e. The number of carbonyl (C=O) groups excluding carboxylic acids is 9. The van der Waals surface area contributed by atoms with Crippen LogP contribution in [-0.4, -0.2) is 171 Å². The molecule has 18 N–H and O–H groups in total. The van der Waals surface area contributed by atoms with Gasteiger partial charge in [-0.1, -0.05) is 6.07 Å². The highest BCUT2D eigenvalue weighted by atomic mass is 32.2. The Morgan fingerprint density at radius 1 is 0.493 bits per heavy atom. The number of hydrogen-bond donors (Lipinski definition) is 15. The van der Waals surface area contributed by atoms with Gasteiger partial charge in [-0.05, 0) is 48.9 Å². The molecule has 1 rings (SSSR count). The number of rotatable bonds is 37. The van der Waals surface area contributed by atoms with E-state index in [9.17, 15) is 62.3 Å². The van der Waals surface area contributed by atoms with Crippen molar-refractivity contribution < 1.29 is 82.8 Å². The number of carbonyl (C=O) groups is 13. The average molecular weight is 1040 g/mol. The third-order valence-electron chi connectivity index (χ3n) is 9.29. The van der Waals surface area contributed by atoms with E-state index >= 15 is 0 Å². The summed E-state index contributed by atoms with van der Waals surface area (Å²) < 4.78 is 0. The number of aliphatic carboxylic acids is 4. The zero-order valence-corrected chi connectivity index (χ0v) is 40.0. The molecule has 0 aromatic heterocycles. The third kappa shape index (κ3) is 29.6. The minimum atomic E-state index is -1.33. The highest BCUT2D eigenvalue weighted by molar-refractivity contribution is 8.00. The molecule has 0 fully saturated rings. The molecule has 9 amide bonds. The van der Waals surface area contributed by atoms with Crippen LogP contribution in [0.4, 0.5) is 0 Å². The Bertz CT molecular complexity index is 1950. The van der Waals surface area contributed by atoms with E-state index in [1.54, 1.807) is 6.07 Å². The number of benzene rings is 1. The molecular formula is C41H61N11O17S2. The standard InChI is InChI=1S/C41H61N11O17S2/c42-25(40(66)67)5-7-31(55)51-27(38(64)49-16-35(59)60)18-70-20-33(57)45-9-1-3-29(53)47-14-22-11-23(13-24(12-22)37(44)63)15-48-30(54)4-2-10-46-34(58)21-71-19-28(39(65)50-17-36(61)62)52-32(56)8-6-26(43)41(68)69/h11-13,25-28H,1-10,14-21,42-43H2,(H2,44,63)(H,45,57)(H,46,58)(H,47,53)(H,48,54)(H,49,64)(H,50,65)(H,51,55)(H,52,56)(H,59,60)(H,61,62)(H,66,67)(H,68,69). The maximum atomic E-state index is 12.6. The fourth-order valence-corrected chi connectivity index (χ4v) is 7.32. The minimum Gasteiger partial charge on any atom is -0.480 e. The molecule has 1 aromatic rings. The van der Waals surface area contributed by atoms with Crippen molar-refractivity contribution in [3.63, 3.8) is 0 Å². The molecule has 394 valence electrons. The van der Waals surface area contributed by atoms with Crippen molar-refractivity contribution in [3.8, 4) is 0 Å². The van der Waals surface area contributed by atoms with Crippen LogP contribution in [0.15, 0.2) is 18.2 Å². The second-order valence-corrected chi connectivity index (χ2v) is 17.4.